The molecule has 0 saturated carbocycles. The van der Waals surface area contributed by atoms with E-state index in [1.807, 2.05) is 13.0 Å². The molecule has 2 nitrogen and oxygen atoms in total. The fraction of sp³-hybridized carbons (Fsp3) is 0.250. The molecule has 0 saturated heterocycles. The zero-order chi connectivity index (χ0) is 8.43. The molecule has 0 heterocycles. The smallest absolute Gasteiger partial charge is 0.178 e. The summed E-state index contributed by atoms with van der Waals surface area (Å²) >= 11 is 3.29. The maximum Gasteiger partial charge on any atom is 0.178 e. The predicted molar refractivity (Wildman–Crippen MR) is 46.1 cm³/mol. The van der Waals surface area contributed by atoms with E-state index in [9.17, 15) is 0 Å². The minimum atomic E-state index is -1.38. The van der Waals surface area contributed by atoms with Gasteiger partial charge in [0.05, 0.1) is 0 Å². The lowest BCUT2D eigenvalue weighted by Gasteiger charge is -2.08. The minimum Gasteiger partial charge on any atom is -0.364 e. The first-order valence-corrected chi connectivity index (χ1v) is 4.03. The third kappa shape index (κ3) is 1.80. The molecular formula is C8H9BrO2. The van der Waals surface area contributed by atoms with Crippen LogP contribution in [0.15, 0.2) is 22.7 Å². The van der Waals surface area contributed by atoms with Gasteiger partial charge in [0.15, 0.2) is 6.29 Å². The van der Waals surface area contributed by atoms with Crippen molar-refractivity contribution in [2.24, 2.45) is 0 Å². The van der Waals surface area contributed by atoms with Gasteiger partial charge in [0.25, 0.3) is 0 Å². The van der Waals surface area contributed by atoms with Crippen LogP contribution in [0.2, 0.25) is 0 Å². The zero-order valence-electron chi connectivity index (χ0n) is 6.08. The van der Waals surface area contributed by atoms with Gasteiger partial charge in [-0.05, 0) is 18.6 Å². The highest BCUT2D eigenvalue weighted by Gasteiger charge is 2.06. The van der Waals surface area contributed by atoms with Crippen LogP contribution in [0.25, 0.3) is 0 Å². The number of rotatable bonds is 1. The van der Waals surface area contributed by atoms with Crippen LogP contribution in [0, 0.1) is 6.92 Å². The molecule has 0 aliphatic carbocycles. The fourth-order valence-corrected chi connectivity index (χ4v) is 1.29. The van der Waals surface area contributed by atoms with E-state index in [0.29, 0.717) is 5.56 Å². The number of hydrogen-bond acceptors (Lipinski definition) is 2. The quantitative estimate of drug-likeness (QED) is 0.703. The zero-order valence-corrected chi connectivity index (χ0v) is 7.67. The second-order valence-electron chi connectivity index (χ2n) is 2.33. The van der Waals surface area contributed by atoms with E-state index in [4.69, 9.17) is 10.2 Å². The molecular weight excluding hydrogens is 208 g/mol. The van der Waals surface area contributed by atoms with Crippen LogP contribution >= 0.6 is 15.9 Å². The molecule has 0 bridgehead atoms. The van der Waals surface area contributed by atoms with Crippen LogP contribution in [-0.4, -0.2) is 10.2 Å². The maximum absolute atomic E-state index is 8.86. The molecule has 0 aliphatic heterocycles. The van der Waals surface area contributed by atoms with Gasteiger partial charge in [0.1, 0.15) is 0 Å². The Labute approximate surface area is 73.6 Å². The molecule has 0 spiro atoms. The third-order valence-electron chi connectivity index (χ3n) is 1.59. The van der Waals surface area contributed by atoms with Crippen molar-refractivity contribution in [3.8, 4) is 0 Å². The van der Waals surface area contributed by atoms with E-state index in [0.717, 1.165) is 10.0 Å². The Morgan fingerprint density at radius 2 is 2.00 bits per heavy atom. The first-order valence-electron chi connectivity index (χ1n) is 3.24. The second-order valence-corrected chi connectivity index (χ2v) is 3.18. The highest BCUT2D eigenvalue weighted by Crippen LogP contribution is 2.22. The van der Waals surface area contributed by atoms with Crippen LogP contribution in [0.3, 0.4) is 0 Å². The Bertz CT molecular complexity index is 258. The summed E-state index contributed by atoms with van der Waals surface area (Å²) in [6, 6.07) is 5.32. The van der Waals surface area contributed by atoms with E-state index in [1.54, 1.807) is 12.1 Å². The SMILES string of the molecule is Cc1c(Br)cccc1C(O)O. The van der Waals surface area contributed by atoms with Crippen molar-refractivity contribution < 1.29 is 10.2 Å². The Morgan fingerprint density at radius 1 is 1.36 bits per heavy atom. The standard InChI is InChI=1S/C8H9BrO2/c1-5-6(8(10)11)3-2-4-7(5)9/h2-4,8,10-11H,1H3. The second kappa shape index (κ2) is 3.34. The van der Waals surface area contributed by atoms with Crippen molar-refractivity contribution in [3.05, 3.63) is 33.8 Å². The van der Waals surface area contributed by atoms with Crippen molar-refractivity contribution in [1.82, 2.24) is 0 Å². The molecule has 3 heteroatoms. The molecule has 0 atom stereocenters. The molecule has 0 fully saturated rings. The summed E-state index contributed by atoms with van der Waals surface area (Å²) < 4.78 is 0.892. The summed E-state index contributed by atoms with van der Waals surface area (Å²) in [7, 11) is 0. The van der Waals surface area contributed by atoms with Gasteiger partial charge in [0, 0.05) is 10.0 Å². The normalized spacial score (nSPS) is 10.6. The molecule has 0 aromatic heterocycles. The number of aliphatic hydroxyl groups is 2. The molecule has 60 valence electrons. The van der Waals surface area contributed by atoms with E-state index >= 15 is 0 Å². The highest BCUT2D eigenvalue weighted by atomic mass is 79.9. The van der Waals surface area contributed by atoms with Gasteiger partial charge in [0.2, 0.25) is 0 Å². The molecule has 1 rings (SSSR count). The summed E-state index contributed by atoms with van der Waals surface area (Å²) in [6.07, 6.45) is -1.38. The van der Waals surface area contributed by atoms with Crippen LogP contribution in [0.4, 0.5) is 0 Å². The summed E-state index contributed by atoms with van der Waals surface area (Å²) in [6.45, 7) is 1.83. The van der Waals surface area contributed by atoms with E-state index in [1.165, 1.54) is 0 Å². The first kappa shape index (κ1) is 8.71. The topological polar surface area (TPSA) is 40.5 Å². The van der Waals surface area contributed by atoms with Crippen LogP contribution in [0.5, 0.6) is 0 Å². The Morgan fingerprint density at radius 3 is 2.45 bits per heavy atom. The molecule has 1 aromatic carbocycles. The van der Waals surface area contributed by atoms with E-state index in [-0.39, 0.29) is 0 Å². The highest BCUT2D eigenvalue weighted by molar-refractivity contribution is 9.10. The lowest BCUT2D eigenvalue weighted by atomic mass is 10.1. The van der Waals surface area contributed by atoms with E-state index in [2.05, 4.69) is 15.9 Å². The van der Waals surface area contributed by atoms with Crippen molar-refractivity contribution >= 4 is 15.9 Å². The van der Waals surface area contributed by atoms with Gasteiger partial charge in [-0.3, -0.25) is 0 Å². The average Bonchev–Trinajstić information content (AvgIpc) is 1.94. The molecule has 0 aliphatic rings. The summed E-state index contributed by atoms with van der Waals surface area (Å²) in [5.41, 5.74) is 1.40. The minimum absolute atomic E-state index is 0.541. The number of hydrogen-bond donors (Lipinski definition) is 2. The number of benzene rings is 1. The average molecular weight is 217 g/mol. The number of halogens is 1. The Hall–Kier alpha value is -0.380. The van der Waals surface area contributed by atoms with Crippen molar-refractivity contribution in [2.45, 2.75) is 13.2 Å². The predicted octanol–water partition coefficient (Wildman–Crippen LogP) is 1.74. The lowest BCUT2D eigenvalue weighted by Crippen LogP contribution is -1.97. The lowest BCUT2D eigenvalue weighted by molar-refractivity contribution is -0.0429. The molecule has 0 amide bonds. The maximum atomic E-state index is 8.86. The van der Waals surface area contributed by atoms with Crippen LogP contribution in [0.1, 0.15) is 17.4 Å². The number of aliphatic hydroxyl groups excluding tert-OH is 1. The Balaban J connectivity index is 3.17. The molecule has 0 unspecified atom stereocenters. The van der Waals surface area contributed by atoms with Crippen LogP contribution < -0.4 is 0 Å². The third-order valence-corrected chi connectivity index (χ3v) is 2.45. The van der Waals surface area contributed by atoms with Crippen molar-refractivity contribution in [2.75, 3.05) is 0 Å². The van der Waals surface area contributed by atoms with Gasteiger partial charge in [-0.2, -0.15) is 0 Å². The van der Waals surface area contributed by atoms with Crippen molar-refractivity contribution in [1.29, 1.82) is 0 Å². The largest absolute Gasteiger partial charge is 0.364 e. The molecule has 2 N–H and O–H groups in total. The van der Waals surface area contributed by atoms with Gasteiger partial charge < -0.3 is 10.2 Å². The first-order chi connectivity index (χ1) is 5.13. The summed E-state index contributed by atoms with van der Waals surface area (Å²) in [4.78, 5) is 0. The van der Waals surface area contributed by atoms with Gasteiger partial charge in [-0.1, -0.05) is 28.1 Å². The monoisotopic (exact) mass is 216 g/mol. The molecule has 0 radical (unpaired) electrons. The Kier molecular flexibility index (Phi) is 2.65. The van der Waals surface area contributed by atoms with Crippen LogP contribution in [-0.2, 0) is 0 Å². The van der Waals surface area contributed by atoms with Gasteiger partial charge in [-0.15, -0.1) is 0 Å². The molecule has 11 heavy (non-hydrogen) atoms. The summed E-state index contributed by atoms with van der Waals surface area (Å²) in [5, 5.41) is 17.7. The van der Waals surface area contributed by atoms with E-state index < -0.39 is 6.29 Å². The fourth-order valence-electron chi connectivity index (χ4n) is 0.904. The van der Waals surface area contributed by atoms with Gasteiger partial charge >= 0.3 is 0 Å². The van der Waals surface area contributed by atoms with Crippen molar-refractivity contribution in [3.63, 3.8) is 0 Å². The molecule has 1 aromatic rings. The summed E-state index contributed by atoms with van der Waals surface area (Å²) in [5.74, 6) is 0. The van der Waals surface area contributed by atoms with Gasteiger partial charge in [-0.25, -0.2) is 0 Å².